The van der Waals surface area contributed by atoms with Gasteiger partial charge in [0.15, 0.2) is 0 Å². The summed E-state index contributed by atoms with van der Waals surface area (Å²) in [6.45, 7) is 6.24. The van der Waals surface area contributed by atoms with Crippen LogP contribution in [0, 0.1) is 20.8 Å². The number of hydrogen-bond acceptors (Lipinski definition) is 1. The zero-order valence-corrected chi connectivity index (χ0v) is 14.9. The first kappa shape index (κ1) is 16.8. The van der Waals surface area contributed by atoms with E-state index in [1.807, 2.05) is 42.5 Å². The third-order valence-electron chi connectivity index (χ3n) is 4.14. The number of para-hydroxylation sites is 3. The topological polar surface area (TPSA) is 36.4 Å². The van der Waals surface area contributed by atoms with E-state index in [1.54, 1.807) is 0 Å². The van der Waals surface area contributed by atoms with Gasteiger partial charge in [0.1, 0.15) is 0 Å². The summed E-state index contributed by atoms with van der Waals surface area (Å²) in [6, 6.07) is 24.5. The number of rotatable bonds is 3. The molecule has 0 aliphatic heterocycles. The first-order valence-corrected chi connectivity index (χ1v) is 8.43. The largest absolute Gasteiger partial charge is 0.326 e. The van der Waals surface area contributed by atoms with Gasteiger partial charge in [0.2, 0.25) is 5.96 Å². The Kier molecular flexibility index (Phi) is 5.14. The van der Waals surface area contributed by atoms with Crippen LogP contribution in [0.25, 0.3) is 0 Å². The lowest BCUT2D eigenvalue weighted by molar-refractivity contribution is 1.36. The van der Waals surface area contributed by atoms with Gasteiger partial charge >= 0.3 is 0 Å². The maximum absolute atomic E-state index is 4.83. The second-order valence-electron chi connectivity index (χ2n) is 6.13. The van der Waals surface area contributed by atoms with E-state index in [1.165, 1.54) is 11.1 Å². The lowest BCUT2D eigenvalue weighted by Gasteiger charge is -2.16. The van der Waals surface area contributed by atoms with Gasteiger partial charge < -0.3 is 10.6 Å². The maximum atomic E-state index is 4.83. The van der Waals surface area contributed by atoms with Gasteiger partial charge in [-0.05, 0) is 55.7 Å². The van der Waals surface area contributed by atoms with E-state index in [0.717, 1.165) is 22.6 Å². The van der Waals surface area contributed by atoms with Crippen LogP contribution in [0.4, 0.5) is 17.1 Å². The molecular formula is C22H23N3. The van der Waals surface area contributed by atoms with Crippen LogP contribution in [0.3, 0.4) is 0 Å². The molecule has 0 unspecified atom stereocenters. The summed E-state index contributed by atoms with van der Waals surface area (Å²) < 4.78 is 0. The van der Waals surface area contributed by atoms with Crippen LogP contribution in [0.2, 0.25) is 0 Å². The molecule has 2 N–H and O–H groups in total. The van der Waals surface area contributed by atoms with E-state index in [4.69, 9.17) is 4.99 Å². The van der Waals surface area contributed by atoms with Crippen molar-refractivity contribution in [3.63, 3.8) is 0 Å². The molecule has 3 rings (SSSR count). The van der Waals surface area contributed by atoms with Crippen molar-refractivity contribution in [2.75, 3.05) is 10.6 Å². The number of guanidine groups is 1. The van der Waals surface area contributed by atoms with Crippen LogP contribution in [0.5, 0.6) is 0 Å². The van der Waals surface area contributed by atoms with Gasteiger partial charge in [-0.15, -0.1) is 0 Å². The number of benzene rings is 3. The Labute approximate surface area is 149 Å². The van der Waals surface area contributed by atoms with Crippen LogP contribution in [-0.4, -0.2) is 5.96 Å². The minimum absolute atomic E-state index is 0.706. The molecule has 0 radical (unpaired) electrons. The van der Waals surface area contributed by atoms with Gasteiger partial charge in [-0.2, -0.15) is 0 Å². The molecule has 0 saturated carbocycles. The maximum Gasteiger partial charge on any atom is 0.205 e. The van der Waals surface area contributed by atoms with Crippen molar-refractivity contribution in [3.8, 4) is 0 Å². The van der Waals surface area contributed by atoms with Crippen molar-refractivity contribution in [3.05, 3.63) is 89.5 Å². The molecule has 0 bridgehead atoms. The molecule has 3 nitrogen and oxygen atoms in total. The molecule has 0 amide bonds. The predicted molar refractivity (Wildman–Crippen MR) is 108 cm³/mol. The quantitative estimate of drug-likeness (QED) is 0.469. The molecule has 0 aromatic heterocycles. The minimum Gasteiger partial charge on any atom is -0.326 e. The van der Waals surface area contributed by atoms with Gasteiger partial charge in [0.05, 0.1) is 5.69 Å². The SMILES string of the molecule is Cc1ccccc1N=C(Nc1ccccc1C)Nc1ccccc1C. The summed E-state index contributed by atoms with van der Waals surface area (Å²) >= 11 is 0. The number of aliphatic imine (C=N–C) groups is 1. The number of nitrogens with zero attached hydrogens (tertiary/aromatic N) is 1. The predicted octanol–water partition coefficient (Wildman–Crippen LogP) is 5.82. The third kappa shape index (κ3) is 4.27. The van der Waals surface area contributed by atoms with E-state index in [9.17, 15) is 0 Å². The fourth-order valence-electron chi connectivity index (χ4n) is 2.58. The van der Waals surface area contributed by atoms with Crippen molar-refractivity contribution >= 4 is 23.0 Å². The Hall–Kier alpha value is -3.07. The highest BCUT2D eigenvalue weighted by atomic mass is 15.2. The van der Waals surface area contributed by atoms with Crippen LogP contribution in [-0.2, 0) is 0 Å². The zero-order valence-electron chi connectivity index (χ0n) is 14.9. The Morgan fingerprint density at radius 2 is 1.04 bits per heavy atom. The standard InChI is InChI=1S/C22H23N3/c1-16-10-4-7-13-19(16)23-22(24-20-14-8-5-11-17(20)2)25-21-15-9-6-12-18(21)3/h4-15H,1-3H3,(H2,23,24,25). The molecule has 126 valence electrons. The summed E-state index contributed by atoms with van der Waals surface area (Å²) in [5, 5.41) is 6.88. The molecular weight excluding hydrogens is 306 g/mol. The lowest BCUT2D eigenvalue weighted by atomic mass is 10.2. The molecule has 0 aliphatic carbocycles. The molecule has 0 atom stereocenters. The van der Waals surface area contributed by atoms with Gasteiger partial charge in [-0.3, -0.25) is 0 Å². The molecule has 0 spiro atoms. The average molecular weight is 329 g/mol. The highest BCUT2D eigenvalue weighted by Crippen LogP contribution is 2.21. The summed E-state index contributed by atoms with van der Waals surface area (Å²) in [4.78, 5) is 4.83. The number of aryl methyl sites for hydroxylation is 3. The molecule has 3 heteroatoms. The molecule has 0 aliphatic rings. The van der Waals surface area contributed by atoms with Gasteiger partial charge in [-0.25, -0.2) is 4.99 Å². The summed E-state index contributed by atoms with van der Waals surface area (Å²) in [5.74, 6) is 0.706. The minimum atomic E-state index is 0.706. The van der Waals surface area contributed by atoms with Crippen LogP contribution < -0.4 is 10.6 Å². The van der Waals surface area contributed by atoms with Crippen molar-refractivity contribution in [2.24, 2.45) is 4.99 Å². The second kappa shape index (κ2) is 7.67. The Morgan fingerprint density at radius 3 is 1.52 bits per heavy atom. The van der Waals surface area contributed by atoms with Crippen molar-refractivity contribution in [1.29, 1.82) is 0 Å². The second-order valence-corrected chi connectivity index (χ2v) is 6.13. The monoisotopic (exact) mass is 329 g/mol. The molecule has 3 aromatic carbocycles. The number of nitrogens with one attached hydrogen (secondary N) is 2. The summed E-state index contributed by atoms with van der Waals surface area (Å²) in [6.07, 6.45) is 0. The van der Waals surface area contributed by atoms with Gasteiger partial charge in [0.25, 0.3) is 0 Å². The lowest BCUT2D eigenvalue weighted by Crippen LogP contribution is -2.22. The molecule has 25 heavy (non-hydrogen) atoms. The third-order valence-corrected chi connectivity index (χ3v) is 4.14. The fourth-order valence-corrected chi connectivity index (χ4v) is 2.58. The van der Waals surface area contributed by atoms with Crippen LogP contribution in [0.1, 0.15) is 16.7 Å². The first-order chi connectivity index (χ1) is 12.1. The normalized spacial score (nSPS) is 10.2. The van der Waals surface area contributed by atoms with Gasteiger partial charge in [-0.1, -0.05) is 54.6 Å². The number of hydrogen-bond donors (Lipinski definition) is 2. The Balaban J connectivity index is 1.98. The molecule has 0 saturated heterocycles. The van der Waals surface area contributed by atoms with Crippen molar-refractivity contribution in [1.82, 2.24) is 0 Å². The van der Waals surface area contributed by atoms with Crippen molar-refractivity contribution < 1.29 is 0 Å². The van der Waals surface area contributed by atoms with Gasteiger partial charge in [0, 0.05) is 11.4 Å². The highest BCUT2D eigenvalue weighted by molar-refractivity contribution is 6.05. The van der Waals surface area contributed by atoms with E-state index in [2.05, 4.69) is 61.7 Å². The molecule has 3 aromatic rings. The highest BCUT2D eigenvalue weighted by Gasteiger charge is 2.06. The molecule has 0 heterocycles. The van der Waals surface area contributed by atoms with Crippen LogP contribution >= 0.6 is 0 Å². The molecule has 0 fully saturated rings. The average Bonchev–Trinajstić information content (AvgIpc) is 2.61. The van der Waals surface area contributed by atoms with Crippen molar-refractivity contribution in [2.45, 2.75) is 20.8 Å². The summed E-state index contributed by atoms with van der Waals surface area (Å²) in [7, 11) is 0. The van der Waals surface area contributed by atoms with E-state index in [-0.39, 0.29) is 0 Å². The fraction of sp³-hybridized carbons (Fsp3) is 0.136. The first-order valence-electron chi connectivity index (χ1n) is 8.43. The Morgan fingerprint density at radius 1 is 0.600 bits per heavy atom. The summed E-state index contributed by atoms with van der Waals surface area (Å²) in [5.41, 5.74) is 6.50. The van der Waals surface area contributed by atoms with Crippen LogP contribution in [0.15, 0.2) is 77.8 Å². The van der Waals surface area contributed by atoms with E-state index >= 15 is 0 Å². The Bertz CT molecular complexity index is 848. The number of anilines is 2. The zero-order chi connectivity index (χ0) is 17.6. The van der Waals surface area contributed by atoms with E-state index < -0.39 is 0 Å². The smallest absolute Gasteiger partial charge is 0.205 e. The van der Waals surface area contributed by atoms with E-state index in [0.29, 0.717) is 5.96 Å².